The summed E-state index contributed by atoms with van der Waals surface area (Å²) in [4.78, 5) is 4.71. The molecule has 0 saturated heterocycles. The normalized spacial score (nSPS) is 27.1. The van der Waals surface area contributed by atoms with Gasteiger partial charge in [-0.25, -0.2) is 9.67 Å². The molecule has 1 aromatic rings. The maximum absolute atomic E-state index is 4.71. The summed E-state index contributed by atoms with van der Waals surface area (Å²) < 4.78 is 2.14. The summed E-state index contributed by atoms with van der Waals surface area (Å²) >= 11 is 0. The summed E-state index contributed by atoms with van der Waals surface area (Å²) in [5.74, 6) is 3.66. The van der Waals surface area contributed by atoms with Crippen LogP contribution in [0.1, 0.15) is 62.5 Å². The van der Waals surface area contributed by atoms with Crippen molar-refractivity contribution < 1.29 is 0 Å². The van der Waals surface area contributed by atoms with Gasteiger partial charge in [-0.05, 0) is 25.7 Å². The lowest BCUT2D eigenvalue weighted by molar-refractivity contribution is 0.395. The lowest BCUT2D eigenvalue weighted by atomic mass is 9.85. The first-order chi connectivity index (χ1) is 6.84. The van der Waals surface area contributed by atoms with Gasteiger partial charge in [-0.15, -0.1) is 0 Å². The summed E-state index contributed by atoms with van der Waals surface area (Å²) in [5, 5.41) is 4.63. The van der Waals surface area contributed by atoms with Crippen LogP contribution < -0.4 is 0 Å². The smallest absolute Gasteiger partial charge is 0.154 e. The Morgan fingerprint density at radius 2 is 2.07 bits per heavy atom. The Morgan fingerprint density at radius 3 is 2.71 bits per heavy atom. The average Bonchev–Trinajstić information content (AvgIpc) is 2.46. The van der Waals surface area contributed by atoms with E-state index in [1.807, 2.05) is 0 Å². The molecule has 14 heavy (non-hydrogen) atoms. The number of nitrogens with zero attached hydrogens (tertiary/aromatic N) is 3. The van der Waals surface area contributed by atoms with E-state index in [-0.39, 0.29) is 0 Å². The van der Waals surface area contributed by atoms with Crippen molar-refractivity contribution in [2.24, 2.45) is 0 Å². The Balaban J connectivity index is 1.93. The summed E-state index contributed by atoms with van der Waals surface area (Å²) in [6, 6.07) is 0. The van der Waals surface area contributed by atoms with Gasteiger partial charge in [-0.1, -0.05) is 13.3 Å². The highest BCUT2D eigenvalue weighted by atomic mass is 15.4. The van der Waals surface area contributed by atoms with Crippen LogP contribution in [0.15, 0.2) is 0 Å². The minimum absolute atomic E-state index is 0.616. The zero-order valence-electron chi connectivity index (χ0n) is 8.74. The summed E-state index contributed by atoms with van der Waals surface area (Å²) in [6.07, 6.45) is 6.52. The second kappa shape index (κ2) is 3.07. The zero-order valence-corrected chi connectivity index (χ0v) is 8.74. The van der Waals surface area contributed by atoms with Crippen LogP contribution in [0.5, 0.6) is 0 Å². The van der Waals surface area contributed by atoms with Gasteiger partial charge in [0.05, 0.1) is 0 Å². The molecule has 1 saturated carbocycles. The molecule has 3 rings (SSSR count). The molecule has 76 valence electrons. The summed E-state index contributed by atoms with van der Waals surface area (Å²) in [6.45, 7) is 3.35. The molecule has 2 heterocycles. The van der Waals surface area contributed by atoms with Crippen molar-refractivity contribution in [3.05, 3.63) is 11.6 Å². The van der Waals surface area contributed by atoms with Crippen molar-refractivity contribution in [2.75, 3.05) is 0 Å². The van der Waals surface area contributed by atoms with Crippen molar-refractivity contribution in [2.45, 2.75) is 57.4 Å². The highest BCUT2D eigenvalue weighted by Gasteiger charge is 2.27. The van der Waals surface area contributed by atoms with E-state index in [9.17, 15) is 0 Å². The molecule has 1 unspecified atom stereocenters. The minimum atomic E-state index is 0.616. The molecule has 0 spiro atoms. The lowest BCUT2D eigenvalue weighted by Crippen LogP contribution is -2.15. The fourth-order valence-electron chi connectivity index (χ4n) is 2.42. The van der Waals surface area contributed by atoms with Crippen molar-refractivity contribution in [3.8, 4) is 0 Å². The van der Waals surface area contributed by atoms with E-state index in [1.54, 1.807) is 0 Å². The predicted molar refractivity (Wildman–Crippen MR) is 54.3 cm³/mol. The van der Waals surface area contributed by atoms with Gasteiger partial charge in [0, 0.05) is 18.4 Å². The quantitative estimate of drug-likeness (QED) is 0.682. The van der Waals surface area contributed by atoms with Crippen molar-refractivity contribution in [3.63, 3.8) is 0 Å². The van der Waals surface area contributed by atoms with Gasteiger partial charge < -0.3 is 0 Å². The number of rotatable bonds is 1. The zero-order chi connectivity index (χ0) is 9.54. The largest absolute Gasteiger partial charge is 0.250 e. The predicted octanol–water partition coefficient (Wildman–Crippen LogP) is 2.44. The Labute approximate surface area is 84.5 Å². The number of hydrogen-bond donors (Lipinski definition) is 0. The fourth-order valence-corrected chi connectivity index (χ4v) is 2.42. The third-order valence-corrected chi connectivity index (χ3v) is 3.63. The first-order valence-corrected chi connectivity index (χ1v) is 5.79. The molecule has 1 atom stereocenters. The number of aromatic nitrogens is 3. The highest BCUT2D eigenvalue weighted by molar-refractivity contribution is 5.07. The van der Waals surface area contributed by atoms with Gasteiger partial charge in [-0.2, -0.15) is 5.10 Å². The maximum Gasteiger partial charge on any atom is 0.154 e. The molecule has 0 radical (unpaired) electrons. The van der Waals surface area contributed by atoms with Crippen molar-refractivity contribution in [1.29, 1.82) is 0 Å². The maximum atomic E-state index is 4.71. The van der Waals surface area contributed by atoms with Crippen LogP contribution in [-0.2, 0) is 6.54 Å². The van der Waals surface area contributed by atoms with Crippen LogP contribution in [0.25, 0.3) is 0 Å². The molecule has 1 aliphatic heterocycles. The van der Waals surface area contributed by atoms with Crippen LogP contribution in [-0.4, -0.2) is 14.8 Å². The molecular formula is C11H17N3. The van der Waals surface area contributed by atoms with E-state index >= 15 is 0 Å². The molecule has 0 N–H and O–H groups in total. The van der Waals surface area contributed by atoms with Gasteiger partial charge >= 0.3 is 0 Å². The standard InChI is InChI=1S/C11H17N3/c1-8-4-3-7-14-11(8)12-10(13-14)9-5-2-6-9/h8-9H,2-7H2,1H3. The second-order valence-corrected chi connectivity index (χ2v) is 4.72. The molecule has 1 aliphatic carbocycles. The van der Waals surface area contributed by atoms with Gasteiger partial charge in [0.1, 0.15) is 5.82 Å². The van der Waals surface area contributed by atoms with Gasteiger partial charge in [-0.3, -0.25) is 0 Å². The van der Waals surface area contributed by atoms with Crippen LogP contribution in [0, 0.1) is 0 Å². The molecule has 1 fully saturated rings. The molecule has 0 bridgehead atoms. The molecule has 0 amide bonds. The van der Waals surface area contributed by atoms with Gasteiger partial charge in [0.25, 0.3) is 0 Å². The number of aryl methyl sites for hydroxylation is 1. The van der Waals surface area contributed by atoms with Crippen LogP contribution >= 0.6 is 0 Å². The molecular weight excluding hydrogens is 174 g/mol. The van der Waals surface area contributed by atoms with Crippen LogP contribution in [0.4, 0.5) is 0 Å². The van der Waals surface area contributed by atoms with E-state index in [2.05, 4.69) is 16.7 Å². The van der Waals surface area contributed by atoms with Gasteiger partial charge in [0.2, 0.25) is 0 Å². The summed E-state index contributed by atoms with van der Waals surface area (Å²) in [5.41, 5.74) is 0. The molecule has 0 aromatic carbocycles. The monoisotopic (exact) mass is 191 g/mol. The van der Waals surface area contributed by atoms with Crippen molar-refractivity contribution >= 4 is 0 Å². The lowest BCUT2D eigenvalue weighted by Gasteiger charge is -2.21. The SMILES string of the molecule is CC1CCCn2nc(C3CCC3)nc21. The third kappa shape index (κ3) is 1.18. The average molecular weight is 191 g/mol. The third-order valence-electron chi connectivity index (χ3n) is 3.63. The van der Waals surface area contributed by atoms with Gasteiger partial charge in [0.15, 0.2) is 5.82 Å². The summed E-state index contributed by atoms with van der Waals surface area (Å²) in [7, 11) is 0. The number of hydrogen-bond acceptors (Lipinski definition) is 2. The Hall–Kier alpha value is -0.860. The minimum Gasteiger partial charge on any atom is -0.250 e. The highest BCUT2D eigenvalue weighted by Crippen LogP contribution is 2.36. The first kappa shape index (κ1) is 8.45. The topological polar surface area (TPSA) is 30.7 Å². The van der Waals surface area contributed by atoms with E-state index in [0.717, 1.165) is 12.4 Å². The van der Waals surface area contributed by atoms with Crippen LogP contribution in [0.3, 0.4) is 0 Å². The van der Waals surface area contributed by atoms with E-state index < -0.39 is 0 Å². The molecule has 3 nitrogen and oxygen atoms in total. The first-order valence-electron chi connectivity index (χ1n) is 5.79. The van der Waals surface area contributed by atoms with E-state index in [4.69, 9.17) is 4.98 Å². The van der Waals surface area contributed by atoms with E-state index in [0.29, 0.717) is 11.8 Å². The Kier molecular flexibility index (Phi) is 1.85. The second-order valence-electron chi connectivity index (χ2n) is 4.72. The van der Waals surface area contributed by atoms with E-state index in [1.165, 1.54) is 37.9 Å². The Morgan fingerprint density at radius 1 is 1.21 bits per heavy atom. The van der Waals surface area contributed by atoms with Crippen LogP contribution in [0.2, 0.25) is 0 Å². The fraction of sp³-hybridized carbons (Fsp3) is 0.818. The molecule has 1 aromatic heterocycles. The Bertz CT molecular complexity index is 338. The molecule has 3 heteroatoms. The molecule has 2 aliphatic rings. The number of fused-ring (bicyclic) bond motifs is 1. The van der Waals surface area contributed by atoms with Crippen molar-refractivity contribution in [1.82, 2.24) is 14.8 Å².